The van der Waals surface area contributed by atoms with E-state index < -0.39 is 17.9 Å². The average molecular weight is 238 g/mol. The number of nitrogens with two attached hydrogens (primary N) is 2. The van der Waals surface area contributed by atoms with Crippen molar-refractivity contribution in [2.24, 2.45) is 17.4 Å². The Hall–Kier alpha value is -1.36. The molecule has 0 heterocycles. The minimum atomic E-state index is -0.755. The summed E-state index contributed by atoms with van der Waals surface area (Å²) in [6.45, 7) is 0. The molecule has 0 saturated heterocycles. The van der Waals surface area contributed by atoms with Gasteiger partial charge in [-0.2, -0.15) is 0 Å². The van der Waals surface area contributed by atoms with E-state index in [0.717, 1.165) is 25.0 Å². The first-order valence-electron chi connectivity index (χ1n) is 6.02. The van der Waals surface area contributed by atoms with Gasteiger partial charge in [-0.15, -0.1) is 0 Å². The van der Waals surface area contributed by atoms with Gasteiger partial charge in [-0.1, -0.05) is 0 Å². The standard InChI is InChI=1S/C12H18N2O3/c13-9(3-4-11(14)15)12(16)17-10-6-7-1-2-8(10)5-7/h7,9H,1-6,13H2,(H2,14,15)/t7?,9-/m0/s1. The van der Waals surface area contributed by atoms with Crippen molar-refractivity contribution in [3.05, 3.63) is 11.3 Å². The number of amides is 1. The minimum absolute atomic E-state index is 0.116. The predicted molar refractivity (Wildman–Crippen MR) is 61.5 cm³/mol. The van der Waals surface area contributed by atoms with Crippen LogP contribution in [0, 0.1) is 5.92 Å². The van der Waals surface area contributed by atoms with Crippen LogP contribution in [0.3, 0.4) is 0 Å². The first-order chi connectivity index (χ1) is 8.06. The zero-order valence-electron chi connectivity index (χ0n) is 9.78. The molecule has 0 spiro atoms. The summed E-state index contributed by atoms with van der Waals surface area (Å²) >= 11 is 0. The van der Waals surface area contributed by atoms with Gasteiger partial charge in [-0.05, 0) is 37.2 Å². The van der Waals surface area contributed by atoms with Crippen LogP contribution in [0.1, 0.15) is 38.5 Å². The highest BCUT2D eigenvalue weighted by molar-refractivity contribution is 5.79. The van der Waals surface area contributed by atoms with Crippen LogP contribution in [0.4, 0.5) is 0 Å². The lowest BCUT2D eigenvalue weighted by atomic mass is 10.0. The molecule has 1 unspecified atom stereocenters. The molecule has 2 aliphatic rings. The van der Waals surface area contributed by atoms with Gasteiger partial charge in [0, 0.05) is 12.8 Å². The van der Waals surface area contributed by atoms with Gasteiger partial charge in [0.05, 0.1) is 0 Å². The maximum Gasteiger partial charge on any atom is 0.327 e. The first-order valence-corrected chi connectivity index (χ1v) is 6.02. The molecule has 2 atom stereocenters. The molecule has 0 aromatic heterocycles. The van der Waals surface area contributed by atoms with E-state index in [0.29, 0.717) is 5.92 Å². The number of hydrogen-bond donors (Lipinski definition) is 2. The molecular formula is C12H18N2O3. The summed E-state index contributed by atoms with van der Waals surface area (Å²) in [5.41, 5.74) is 11.9. The molecule has 2 aliphatic carbocycles. The number of carbonyl (C=O) groups is 2. The maximum atomic E-state index is 11.7. The lowest BCUT2D eigenvalue weighted by Crippen LogP contribution is -2.33. The third-order valence-electron chi connectivity index (χ3n) is 3.49. The van der Waals surface area contributed by atoms with Crippen LogP contribution < -0.4 is 11.5 Å². The Morgan fingerprint density at radius 3 is 2.71 bits per heavy atom. The van der Waals surface area contributed by atoms with E-state index in [9.17, 15) is 9.59 Å². The zero-order valence-corrected chi connectivity index (χ0v) is 9.78. The number of esters is 1. The van der Waals surface area contributed by atoms with E-state index in [1.54, 1.807) is 0 Å². The van der Waals surface area contributed by atoms with Crippen molar-refractivity contribution >= 4 is 11.9 Å². The summed E-state index contributed by atoms with van der Waals surface area (Å²) in [6, 6.07) is -0.755. The van der Waals surface area contributed by atoms with Gasteiger partial charge in [0.1, 0.15) is 11.8 Å². The van der Waals surface area contributed by atoms with Gasteiger partial charge < -0.3 is 16.2 Å². The predicted octanol–water partition coefficient (Wildman–Crippen LogP) is 0.580. The lowest BCUT2D eigenvalue weighted by molar-refractivity contribution is -0.141. The molecule has 17 heavy (non-hydrogen) atoms. The van der Waals surface area contributed by atoms with Crippen LogP contribution in [-0.2, 0) is 14.3 Å². The highest BCUT2D eigenvalue weighted by Crippen LogP contribution is 2.44. The Bertz CT molecular complexity index is 376. The van der Waals surface area contributed by atoms with Gasteiger partial charge in [0.2, 0.25) is 5.91 Å². The first kappa shape index (κ1) is 12.1. The van der Waals surface area contributed by atoms with E-state index >= 15 is 0 Å². The number of carbonyl (C=O) groups excluding carboxylic acids is 2. The second kappa shape index (κ2) is 4.87. The van der Waals surface area contributed by atoms with Crippen molar-refractivity contribution in [2.45, 2.75) is 44.6 Å². The van der Waals surface area contributed by atoms with Gasteiger partial charge in [0.25, 0.3) is 0 Å². The fourth-order valence-electron chi connectivity index (χ4n) is 2.49. The van der Waals surface area contributed by atoms with Crippen LogP contribution >= 0.6 is 0 Å². The second-order valence-electron chi connectivity index (χ2n) is 4.87. The van der Waals surface area contributed by atoms with Crippen molar-refractivity contribution in [1.29, 1.82) is 0 Å². The van der Waals surface area contributed by atoms with E-state index in [2.05, 4.69) is 0 Å². The summed E-state index contributed by atoms with van der Waals surface area (Å²) in [4.78, 5) is 22.2. The molecule has 4 N–H and O–H groups in total. The molecule has 1 saturated carbocycles. The highest BCUT2D eigenvalue weighted by atomic mass is 16.5. The van der Waals surface area contributed by atoms with Gasteiger partial charge in [-0.3, -0.25) is 4.79 Å². The van der Waals surface area contributed by atoms with E-state index in [1.165, 1.54) is 12.0 Å². The Morgan fingerprint density at radius 2 is 2.18 bits per heavy atom. The average Bonchev–Trinajstić information content (AvgIpc) is 2.87. The van der Waals surface area contributed by atoms with Crippen molar-refractivity contribution in [3.63, 3.8) is 0 Å². The summed E-state index contributed by atoms with van der Waals surface area (Å²) in [6.07, 6.45) is 4.56. The summed E-state index contributed by atoms with van der Waals surface area (Å²) in [5, 5.41) is 0. The molecule has 94 valence electrons. The van der Waals surface area contributed by atoms with E-state index in [4.69, 9.17) is 16.2 Å². The number of fused-ring (bicyclic) bond motifs is 2. The Balaban J connectivity index is 1.83. The third-order valence-corrected chi connectivity index (χ3v) is 3.49. The Kier molecular flexibility index (Phi) is 3.47. The number of ether oxygens (including phenoxy) is 1. The summed E-state index contributed by atoms with van der Waals surface area (Å²) < 4.78 is 5.30. The minimum Gasteiger partial charge on any atom is -0.430 e. The number of primary amides is 1. The van der Waals surface area contributed by atoms with Gasteiger partial charge in [-0.25, -0.2) is 4.79 Å². The normalized spacial score (nSPS) is 23.9. The molecular weight excluding hydrogens is 220 g/mol. The Labute approximate surface area is 100 Å². The van der Waals surface area contributed by atoms with E-state index in [-0.39, 0.29) is 12.8 Å². The molecule has 0 aromatic carbocycles. The van der Waals surface area contributed by atoms with Crippen LogP contribution in [0.2, 0.25) is 0 Å². The van der Waals surface area contributed by atoms with Gasteiger partial charge in [0.15, 0.2) is 0 Å². The number of rotatable bonds is 5. The van der Waals surface area contributed by atoms with Crippen LogP contribution in [0.5, 0.6) is 0 Å². The molecule has 0 aliphatic heterocycles. The molecule has 0 radical (unpaired) electrons. The summed E-state index contributed by atoms with van der Waals surface area (Å²) in [5.74, 6) is 0.590. The van der Waals surface area contributed by atoms with Crippen molar-refractivity contribution in [2.75, 3.05) is 0 Å². The fraction of sp³-hybridized carbons (Fsp3) is 0.667. The van der Waals surface area contributed by atoms with Crippen LogP contribution in [-0.4, -0.2) is 17.9 Å². The molecule has 0 aromatic rings. The molecule has 5 nitrogen and oxygen atoms in total. The van der Waals surface area contributed by atoms with Crippen LogP contribution in [0.25, 0.3) is 0 Å². The topological polar surface area (TPSA) is 95.4 Å². The number of hydrogen-bond acceptors (Lipinski definition) is 4. The monoisotopic (exact) mass is 238 g/mol. The fourth-order valence-corrected chi connectivity index (χ4v) is 2.49. The highest BCUT2D eigenvalue weighted by Gasteiger charge is 2.33. The van der Waals surface area contributed by atoms with E-state index in [1.807, 2.05) is 0 Å². The molecule has 1 amide bonds. The maximum absolute atomic E-state index is 11.7. The van der Waals surface area contributed by atoms with Gasteiger partial charge >= 0.3 is 5.97 Å². The third kappa shape index (κ3) is 2.85. The quantitative estimate of drug-likeness (QED) is 0.685. The van der Waals surface area contributed by atoms with Crippen molar-refractivity contribution in [1.82, 2.24) is 0 Å². The number of allylic oxidation sites excluding steroid dienone is 2. The molecule has 1 fully saturated rings. The second-order valence-corrected chi connectivity index (χ2v) is 4.87. The SMILES string of the molecule is NC(=O)CC[C@H](N)C(=O)OC1=C2CCC(C2)C1. The Morgan fingerprint density at radius 1 is 1.41 bits per heavy atom. The molecule has 5 heteroatoms. The van der Waals surface area contributed by atoms with Crippen LogP contribution in [0.15, 0.2) is 11.3 Å². The molecule has 2 rings (SSSR count). The van der Waals surface area contributed by atoms with Crippen molar-refractivity contribution in [3.8, 4) is 0 Å². The van der Waals surface area contributed by atoms with Crippen molar-refractivity contribution < 1.29 is 14.3 Å². The zero-order chi connectivity index (χ0) is 12.4. The lowest BCUT2D eigenvalue weighted by Gasteiger charge is -2.15. The molecule has 2 bridgehead atoms. The summed E-state index contributed by atoms with van der Waals surface area (Å²) in [7, 11) is 0. The largest absolute Gasteiger partial charge is 0.430 e. The smallest absolute Gasteiger partial charge is 0.327 e.